The van der Waals surface area contributed by atoms with Crippen LogP contribution in [0, 0.1) is 13.8 Å². The molecule has 1 fully saturated rings. The van der Waals surface area contributed by atoms with E-state index in [0.29, 0.717) is 5.11 Å². The largest absolute Gasteiger partial charge is 0.497 e. The zero-order chi connectivity index (χ0) is 27.6. The minimum atomic E-state index is -0.117. The molecule has 1 aliphatic heterocycles. The molecular weight excluding hydrogens is 516 g/mol. The van der Waals surface area contributed by atoms with E-state index in [9.17, 15) is 0 Å². The number of para-hydroxylation sites is 1. The van der Waals surface area contributed by atoms with Crippen LogP contribution in [0.4, 0.5) is 5.69 Å². The molecule has 6 rings (SSSR count). The summed E-state index contributed by atoms with van der Waals surface area (Å²) in [6.45, 7) is 4.33. The highest BCUT2D eigenvalue weighted by molar-refractivity contribution is 7.80. The maximum absolute atomic E-state index is 6.08. The van der Waals surface area contributed by atoms with Crippen LogP contribution in [0.15, 0.2) is 109 Å². The summed E-state index contributed by atoms with van der Waals surface area (Å²) in [7, 11) is 1.65. The zero-order valence-corrected chi connectivity index (χ0v) is 23.4. The van der Waals surface area contributed by atoms with E-state index in [2.05, 4.69) is 77.2 Å². The van der Waals surface area contributed by atoms with Crippen LogP contribution in [0.25, 0.3) is 5.69 Å². The summed E-state index contributed by atoms with van der Waals surface area (Å²) in [6, 6.07) is 34.1. The van der Waals surface area contributed by atoms with Crippen LogP contribution in [-0.2, 0) is 0 Å². The summed E-state index contributed by atoms with van der Waals surface area (Å²) < 4.78 is 13.6. The third-order valence-corrected chi connectivity index (χ3v) is 7.63. The number of pyridine rings is 1. The SMILES string of the molecule is COc1ccc(Oc2ccc(N3C(=S)N[C@@H](c4ccccn4)[C@H]3c3cc(C)n(-c4ccccc4)c3C)cc2)cc1. The van der Waals surface area contributed by atoms with Gasteiger partial charge in [-0.3, -0.25) is 4.98 Å². The molecule has 0 bridgehead atoms. The molecule has 0 spiro atoms. The monoisotopic (exact) mass is 546 g/mol. The van der Waals surface area contributed by atoms with E-state index in [1.807, 2.05) is 60.8 Å². The van der Waals surface area contributed by atoms with Crippen LogP contribution in [0.2, 0.25) is 0 Å². The Morgan fingerprint density at radius 3 is 2.08 bits per heavy atom. The molecule has 6 nitrogen and oxygen atoms in total. The van der Waals surface area contributed by atoms with Gasteiger partial charge in [0.25, 0.3) is 0 Å². The summed E-state index contributed by atoms with van der Waals surface area (Å²) in [6.07, 6.45) is 1.83. The van der Waals surface area contributed by atoms with E-state index >= 15 is 0 Å². The molecule has 0 amide bonds. The first-order chi connectivity index (χ1) is 19.5. The van der Waals surface area contributed by atoms with Gasteiger partial charge in [0.2, 0.25) is 0 Å². The van der Waals surface area contributed by atoms with Crippen LogP contribution >= 0.6 is 12.2 Å². The molecule has 2 aromatic heterocycles. The molecule has 3 aromatic carbocycles. The fraction of sp³-hybridized carbons (Fsp3) is 0.152. The Bertz CT molecular complexity index is 1620. The first-order valence-electron chi connectivity index (χ1n) is 13.2. The smallest absolute Gasteiger partial charge is 0.174 e. The van der Waals surface area contributed by atoms with Crippen LogP contribution < -0.4 is 19.7 Å². The van der Waals surface area contributed by atoms with Crippen molar-refractivity contribution in [3.8, 4) is 22.9 Å². The average Bonchev–Trinajstić information content (AvgIpc) is 3.49. The summed E-state index contributed by atoms with van der Waals surface area (Å²) in [5, 5.41) is 4.23. The highest BCUT2D eigenvalue weighted by Crippen LogP contribution is 2.44. The van der Waals surface area contributed by atoms with E-state index < -0.39 is 0 Å². The van der Waals surface area contributed by atoms with Gasteiger partial charge in [-0.25, -0.2) is 0 Å². The third-order valence-electron chi connectivity index (χ3n) is 7.31. The molecule has 1 aliphatic rings. The van der Waals surface area contributed by atoms with Crippen LogP contribution in [0.1, 0.15) is 34.7 Å². The van der Waals surface area contributed by atoms with Crippen molar-refractivity contribution in [1.29, 1.82) is 0 Å². The Kier molecular flexibility index (Phi) is 6.97. The topological polar surface area (TPSA) is 51.6 Å². The van der Waals surface area contributed by atoms with Crippen molar-refractivity contribution in [3.63, 3.8) is 0 Å². The fourth-order valence-corrected chi connectivity index (χ4v) is 5.81. The molecule has 200 valence electrons. The number of aromatic nitrogens is 2. The molecule has 1 saturated heterocycles. The molecule has 0 aliphatic carbocycles. The predicted molar refractivity (Wildman–Crippen MR) is 163 cm³/mol. The average molecular weight is 547 g/mol. The lowest BCUT2D eigenvalue weighted by Crippen LogP contribution is -2.29. The molecule has 0 unspecified atom stereocenters. The minimum absolute atomic E-state index is 0.0978. The molecule has 0 saturated carbocycles. The van der Waals surface area contributed by atoms with Crippen molar-refractivity contribution in [3.05, 3.63) is 132 Å². The van der Waals surface area contributed by atoms with Gasteiger partial charge in [0, 0.05) is 29.0 Å². The van der Waals surface area contributed by atoms with Crippen LogP contribution in [-0.4, -0.2) is 21.8 Å². The van der Waals surface area contributed by atoms with Gasteiger partial charge < -0.3 is 24.3 Å². The van der Waals surface area contributed by atoms with Crippen LogP contribution in [0.3, 0.4) is 0 Å². The van der Waals surface area contributed by atoms with Crippen molar-refractivity contribution in [2.45, 2.75) is 25.9 Å². The standard InChI is InChI=1S/C33H30N4O2S/c1-22-21-29(23(2)36(22)24-9-5-4-6-10-24)32-31(30-11-7-8-20-34-30)35-33(40)37(32)25-12-14-27(15-13-25)39-28-18-16-26(38-3)17-19-28/h4-21,31-32H,1-3H3,(H,35,40)/t31-,32+/m0/s1. The lowest BCUT2D eigenvalue weighted by molar-refractivity contribution is 0.413. The van der Waals surface area contributed by atoms with Crippen molar-refractivity contribution in [2.24, 2.45) is 0 Å². The fourth-order valence-electron chi connectivity index (χ4n) is 5.47. The van der Waals surface area contributed by atoms with Gasteiger partial charge in [-0.05, 0) is 110 Å². The number of ether oxygens (including phenoxy) is 2. The predicted octanol–water partition coefficient (Wildman–Crippen LogP) is 7.47. The number of aryl methyl sites for hydroxylation is 1. The Morgan fingerprint density at radius 1 is 0.775 bits per heavy atom. The molecule has 1 N–H and O–H groups in total. The first-order valence-corrected chi connectivity index (χ1v) is 13.6. The van der Waals surface area contributed by atoms with Gasteiger partial charge in [0.05, 0.1) is 24.9 Å². The zero-order valence-electron chi connectivity index (χ0n) is 22.6. The number of nitrogens with one attached hydrogen (secondary N) is 1. The molecule has 3 heterocycles. The van der Waals surface area contributed by atoms with Crippen molar-refractivity contribution >= 4 is 23.0 Å². The van der Waals surface area contributed by atoms with Crippen molar-refractivity contribution in [2.75, 3.05) is 12.0 Å². The Labute approximate surface area is 239 Å². The number of rotatable bonds is 7. The quantitative estimate of drug-likeness (QED) is 0.214. The van der Waals surface area contributed by atoms with Crippen molar-refractivity contribution < 1.29 is 9.47 Å². The van der Waals surface area contributed by atoms with Gasteiger partial charge >= 0.3 is 0 Å². The third kappa shape index (κ3) is 4.80. The lowest BCUT2D eigenvalue weighted by atomic mass is 9.96. The maximum Gasteiger partial charge on any atom is 0.174 e. The van der Waals surface area contributed by atoms with E-state index in [-0.39, 0.29) is 12.1 Å². The van der Waals surface area contributed by atoms with Crippen LogP contribution in [0.5, 0.6) is 17.2 Å². The number of hydrogen-bond donors (Lipinski definition) is 1. The Hall–Kier alpha value is -4.62. The second-order valence-electron chi connectivity index (χ2n) is 9.77. The minimum Gasteiger partial charge on any atom is -0.497 e. The Balaban J connectivity index is 1.38. The number of methoxy groups -OCH3 is 1. The molecule has 0 radical (unpaired) electrons. The van der Waals surface area contributed by atoms with Gasteiger partial charge in [-0.2, -0.15) is 0 Å². The van der Waals surface area contributed by atoms with Gasteiger partial charge in [-0.1, -0.05) is 24.3 Å². The summed E-state index contributed by atoms with van der Waals surface area (Å²) in [4.78, 5) is 6.90. The second-order valence-corrected chi connectivity index (χ2v) is 10.2. The first kappa shape index (κ1) is 25.6. The summed E-state index contributed by atoms with van der Waals surface area (Å²) >= 11 is 5.95. The molecule has 5 aromatic rings. The number of anilines is 1. The van der Waals surface area contributed by atoms with Crippen molar-refractivity contribution in [1.82, 2.24) is 14.9 Å². The highest BCUT2D eigenvalue weighted by Gasteiger charge is 2.42. The number of benzene rings is 3. The molecule has 2 atom stereocenters. The summed E-state index contributed by atoms with van der Waals surface area (Å²) in [5.74, 6) is 2.28. The normalized spacial score (nSPS) is 16.6. The number of hydrogen-bond acceptors (Lipinski definition) is 4. The van der Waals surface area contributed by atoms with E-state index in [0.717, 1.165) is 34.3 Å². The second kappa shape index (κ2) is 10.9. The van der Waals surface area contributed by atoms with Gasteiger partial charge in [0.15, 0.2) is 5.11 Å². The summed E-state index contributed by atoms with van der Waals surface area (Å²) in [5.41, 5.74) is 6.60. The molecule has 7 heteroatoms. The number of nitrogens with zero attached hydrogens (tertiary/aromatic N) is 3. The highest BCUT2D eigenvalue weighted by atomic mass is 32.1. The molecular formula is C33H30N4O2S. The number of thiocarbonyl (C=S) groups is 1. The maximum atomic E-state index is 6.08. The molecule has 40 heavy (non-hydrogen) atoms. The van der Waals surface area contributed by atoms with Gasteiger partial charge in [0.1, 0.15) is 17.2 Å². The van der Waals surface area contributed by atoms with E-state index in [1.165, 1.54) is 17.0 Å². The Morgan fingerprint density at radius 2 is 1.43 bits per heavy atom. The van der Waals surface area contributed by atoms with E-state index in [4.69, 9.17) is 26.7 Å². The van der Waals surface area contributed by atoms with Gasteiger partial charge in [-0.15, -0.1) is 0 Å². The van der Waals surface area contributed by atoms with E-state index in [1.54, 1.807) is 7.11 Å². The lowest BCUT2D eigenvalue weighted by Gasteiger charge is -2.28.